The van der Waals surface area contributed by atoms with E-state index in [4.69, 9.17) is 11.6 Å². The van der Waals surface area contributed by atoms with Crippen LogP contribution in [0.3, 0.4) is 0 Å². The Morgan fingerprint density at radius 3 is 2.39 bits per heavy atom. The second kappa shape index (κ2) is 7.29. The van der Waals surface area contributed by atoms with E-state index < -0.39 is 11.7 Å². The summed E-state index contributed by atoms with van der Waals surface area (Å²) in [6.45, 7) is 0. The van der Waals surface area contributed by atoms with Crippen LogP contribution in [-0.4, -0.2) is 16.7 Å². The van der Waals surface area contributed by atoms with E-state index in [0.29, 0.717) is 21.5 Å². The lowest BCUT2D eigenvalue weighted by Gasteiger charge is -2.08. The van der Waals surface area contributed by atoms with Gasteiger partial charge < -0.3 is 10.3 Å². The molecule has 4 nitrogen and oxygen atoms in total. The van der Waals surface area contributed by atoms with Gasteiger partial charge in [0.05, 0.1) is 11.3 Å². The predicted octanol–water partition coefficient (Wildman–Crippen LogP) is 5.44. The van der Waals surface area contributed by atoms with E-state index in [1.165, 1.54) is 18.2 Å². The predicted molar refractivity (Wildman–Crippen MR) is 108 cm³/mol. The number of ketones is 1. The lowest BCUT2D eigenvalue weighted by atomic mass is 10.1. The molecule has 0 fully saturated rings. The summed E-state index contributed by atoms with van der Waals surface area (Å²) in [4.78, 5) is 28.7. The minimum absolute atomic E-state index is 0.107. The first-order chi connectivity index (χ1) is 13.5. The Bertz CT molecular complexity index is 1200. The van der Waals surface area contributed by atoms with Crippen molar-refractivity contribution < 1.29 is 14.0 Å². The molecule has 4 aromatic rings. The SMILES string of the molecule is O=C(Nc1c(C(=O)c2ccccc2)[nH]c2cc(Cl)ccc12)c1ccccc1F. The number of amides is 1. The van der Waals surface area contributed by atoms with Crippen molar-refractivity contribution in [2.45, 2.75) is 0 Å². The van der Waals surface area contributed by atoms with Crippen molar-refractivity contribution in [1.82, 2.24) is 4.98 Å². The molecule has 2 N–H and O–H groups in total. The number of fused-ring (bicyclic) bond motifs is 1. The number of rotatable bonds is 4. The fourth-order valence-corrected chi connectivity index (χ4v) is 3.20. The van der Waals surface area contributed by atoms with Gasteiger partial charge in [0.2, 0.25) is 5.78 Å². The highest BCUT2D eigenvalue weighted by atomic mass is 35.5. The molecule has 138 valence electrons. The molecule has 6 heteroatoms. The van der Waals surface area contributed by atoms with E-state index in [2.05, 4.69) is 10.3 Å². The maximum Gasteiger partial charge on any atom is 0.258 e. The zero-order chi connectivity index (χ0) is 19.7. The zero-order valence-electron chi connectivity index (χ0n) is 14.5. The van der Waals surface area contributed by atoms with Crippen LogP contribution in [0.15, 0.2) is 72.8 Å². The minimum atomic E-state index is -0.643. The van der Waals surface area contributed by atoms with E-state index in [0.717, 1.165) is 0 Å². The molecule has 1 amide bonds. The Balaban J connectivity index is 1.83. The first kappa shape index (κ1) is 17.9. The first-order valence-corrected chi connectivity index (χ1v) is 8.89. The number of carbonyl (C=O) groups excluding carboxylic acids is 2. The second-order valence-electron chi connectivity index (χ2n) is 6.19. The van der Waals surface area contributed by atoms with Crippen LogP contribution in [0.5, 0.6) is 0 Å². The molecule has 0 aliphatic heterocycles. The third-order valence-corrected chi connectivity index (χ3v) is 4.62. The van der Waals surface area contributed by atoms with Crippen molar-refractivity contribution in [3.63, 3.8) is 0 Å². The van der Waals surface area contributed by atoms with Crippen LogP contribution >= 0.6 is 11.6 Å². The third kappa shape index (κ3) is 3.28. The fraction of sp³-hybridized carbons (Fsp3) is 0. The molecule has 0 unspecified atom stereocenters. The Morgan fingerprint density at radius 1 is 0.929 bits per heavy atom. The highest BCUT2D eigenvalue weighted by Crippen LogP contribution is 2.32. The number of benzene rings is 3. The molecule has 1 aromatic heterocycles. The molecule has 0 atom stereocenters. The number of nitrogens with one attached hydrogen (secondary N) is 2. The van der Waals surface area contributed by atoms with Gasteiger partial charge in [-0.05, 0) is 30.3 Å². The van der Waals surface area contributed by atoms with E-state index >= 15 is 0 Å². The van der Waals surface area contributed by atoms with E-state index in [9.17, 15) is 14.0 Å². The Morgan fingerprint density at radius 2 is 1.64 bits per heavy atom. The maximum atomic E-state index is 14.0. The van der Waals surface area contributed by atoms with Gasteiger partial charge in [-0.15, -0.1) is 0 Å². The van der Waals surface area contributed by atoms with E-state index in [-0.39, 0.29) is 22.7 Å². The standard InChI is InChI=1S/C22H14ClFN2O2/c23-14-10-11-16-18(12-14)25-20(21(27)13-6-2-1-3-7-13)19(16)26-22(28)15-8-4-5-9-17(15)24/h1-12,25H,(H,26,28). The van der Waals surface area contributed by atoms with Crippen LogP contribution in [0, 0.1) is 5.82 Å². The van der Waals surface area contributed by atoms with E-state index in [1.807, 2.05) is 6.07 Å². The van der Waals surface area contributed by atoms with Gasteiger partial charge in [0, 0.05) is 21.5 Å². The molecule has 0 radical (unpaired) electrons. The molecular formula is C22H14ClFN2O2. The third-order valence-electron chi connectivity index (χ3n) is 4.38. The maximum absolute atomic E-state index is 14.0. The molecule has 0 saturated heterocycles. The summed E-state index contributed by atoms with van der Waals surface area (Å²) in [7, 11) is 0. The largest absolute Gasteiger partial charge is 0.350 e. The average molecular weight is 393 g/mol. The van der Waals surface area contributed by atoms with Gasteiger partial charge in [0.15, 0.2) is 0 Å². The van der Waals surface area contributed by atoms with Crippen LogP contribution in [0.1, 0.15) is 26.4 Å². The van der Waals surface area contributed by atoms with Gasteiger partial charge in [-0.25, -0.2) is 4.39 Å². The number of hydrogen-bond donors (Lipinski definition) is 2. The zero-order valence-corrected chi connectivity index (χ0v) is 15.3. The summed E-state index contributed by atoms with van der Waals surface area (Å²) in [6.07, 6.45) is 0. The fourth-order valence-electron chi connectivity index (χ4n) is 3.03. The van der Waals surface area contributed by atoms with Gasteiger partial charge in [-0.3, -0.25) is 9.59 Å². The Kier molecular flexibility index (Phi) is 4.67. The van der Waals surface area contributed by atoms with Gasteiger partial charge in [0.25, 0.3) is 5.91 Å². The van der Waals surface area contributed by atoms with Crippen molar-refractivity contribution in [1.29, 1.82) is 0 Å². The number of anilines is 1. The molecule has 0 bridgehead atoms. The number of aromatic amines is 1. The van der Waals surface area contributed by atoms with Crippen LogP contribution in [0.25, 0.3) is 10.9 Å². The van der Waals surface area contributed by atoms with Crippen LogP contribution in [0.2, 0.25) is 5.02 Å². The smallest absolute Gasteiger partial charge is 0.258 e. The van der Waals surface area contributed by atoms with Gasteiger partial charge >= 0.3 is 0 Å². The summed E-state index contributed by atoms with van der Waals surface area (Å²) >= 11 is 6.06. The molecule has 0 spiro atoms. The van der Waals surface area contributed by atoms with Crippen molar-refractivity contribution in [2.75, 3.05) is 5.32 Å². The quantitative estimate of drug-likeness (QED) is 0.454. The number of H-pyrrole nitrogens is 1. The topological polar surface area (TPSA) is 62.0 Å². The molecule has 0 aliphatic rings. The number of halogens is 2. The highest BCUT2D eigenvalue weighted by Gasteiger charge is 2.22. The first-order valence-electron chi connectivity index (χ1n) is 8.51. The summed E-state index contributed by atoms with van der Waals surface area (Å²) in [5, 5.41) is 3.78. The summed E-state index contributed by atoms with van der Waals surface area (Å²) < 4.78 is 14.0. The lowest BCUT2D eigenvalue weighted by Crippen LogP contribution is -2.16. The summed E-state index contributed by atoms with van der Waals surface area (Å²) in [5.41, 5.74) is 1.43. The molecule has 0 aliphatic carbocycles. The molecular weight excluding hydrogens is 379 g/mol. The molecule has 0 saturated carbocycles. The molecule has 4 rings (SSSR count). The second-order valence-corrected chi connectivity index (χ2v) is 6.63. The van der Waals surface area contributed by atoms with Crippen molar-refractivity contribution in [3.05, 3.63) is 100 Å². The Labute approximate surface area is 165 Å². The summed E-state index contributed by atoms with van der Waals surface area (Å²) in [6, 6.07) is 19.4. The van der Waals surface area contributed by atoms with E-state index in [1.54, 1.807) is 48.5 Å². The highest BCUT2D eigenvalue weighted by molar-refractivity contribution is 6.31. The lowest BCUT2D eigenvalue weighted by molar-refractivity contribution is 0.102. The Hall–Kier alpha value is -3.44. The molecule has 3 aromatic carbocycles. The van der Waals surface area contributed by atoms with Crippen molar-refractivity contribution in [3.8, 4) is 0 Å². The number of hydrogen-bond acceptors (Lipinski definition) is 2. The monoisotopic (exact) mass is 392 g/mol. The average Bonchev–Trinajstić information content (AvgIpc) is 3.05. The van der Waals surface area contributed by atoms with Crippen molar-refractivity contribution in [2.24, 2.45) is 0 Å². The molecule has 28 heavy (non-hydrogen) atoms. The summed E-state index contributed by atoms with van der Waals surface area (Å²) in [5.74, 6) is -1.58. The molecule has 1 heterocycles. The van der Waals surface area contributed by atoms with Gasteiger partial charge in [0.1, 0.15) is 11.5 Å². The van der Waals surface area contributed by atoms with Crippen LogP contribution in [0.4, 0.5) is 10.1 Å². The normalized spacial score (nSPS) is 10.8. The van der Waals surface area contributed by atoms with Crippen LogP contribution < -0.4 is 5.32 Å². The number of carbonyl (C=O) groups is 2. The minimum Gasteiger partial charge on any atom is -0.350 e. The van der Waals surface area contributed by atoms with Gasteiger partial charge in [-0.2, -0.15) is 0 Å². The number of aromatic nitrogens is 1. The van der Waals surface area contributed by atoms with Crippen LogP contribution in [-0.2, 0) is 0 Å². The van der Waals surface area contributed by atoms with Gasteiger partial charge in [-0.1, -0.05) is 54.1 Å². The van der Waals surface area contributed by atoms with Crippen molar-refractivity contribution >= 4 is 39.9 Å².